The van der Waals surface area contributed by atoms with E-state index in [1.807, 2.05) is 0 Å². The predicted molar refractivity (Wildman–Crippen MR) is 79.8 cm³/mol. The molecule has 2 nitrogen and oxygen atoms in total. The maximum absolute atomic E-state index is 6.07. The summed E-state index contributed by atoms with van der Waals surface area (Å²) in [6.07, 6.45) is 6.16. The monoisotopic (exact) mass is 384 g/mol. The third-order valence-electron chi connectivity index (χ3n) is 3.51. The number of hydrogen-bond donors (Lipinski definition) is 0. The number of hydrogen-bond acceptors (Lipinski definition) is 2. The van der Waals surface area contributed by atoms with Crippen LogP contribution in [0, 0.1) is 9.49 Å². The van der Waals surface area contributed by atoms with Crippen molar-refractivity contribution in [3.05, 3.63) is 19.7 Å². The van der Waals surface area contributed by atoms with Crippen LogP contribution in [0.1, 0.15) is 50.8 Å². The minimum absolute atomic E-state index is 0.431. The average Bonchev–Trinajstić information content (AvgIpc) is 2.35. The molecule has 1 aliphatic carbocycles. The van der Waals surface area contributed by atoms with Crippen molar-refractivity contribution in [1.29, 1.82) is 0 Å². The van der Waals surface area contributed by atoms with Crippen LogP contribution in [0.15, 0.2) is 0 Å². The van der Waals surface area contributed by atoms with Gasteiger partial charge >= 0.3 is 0 Å². The molecule has 1 aliphatic rings. The molecule has 0 bridgehead atoms. The zero-order valence-electron chi connectivity index (χ0n) is 9.72. The van der Waals surface area contributed by atoms with Crippen molar-refractivity contribution < 1.29 is 0 Å². The molecule has 0 amide bonds. The van der Waals surface area contributed by atoms with Gasteiger partial charge in [-0.15, -0.1) is 0 Å². The zero-order chi connectivity index (χ0) is 12.4. The summed E-state index contributed by atoms with van der Waals surface area (Å²) in [5.74, 6) is 2.06. The molecular formula is C12H15Cl2IN2. The molecule has 1 aromatic rings. The minimum Gasteiger partial charge on any atom is -0.220 e. The predicted octanol–water partition coefficient (Wildman–Crippen LogP) is 5.07. The van der Waals surface area contributed by atoms with E-state index in [1.165, 1.54) is 25.7 Å². The molecular weight excluding hydrogens is 370 g/mol. The van der Waals surface area contributed by atoms with E-state index in [-0.39, 0.29) is 0 Å². The number of halogens is 3. The summed E-state index contributed by atoms with van der Waals surface area (Å²) in [7, 11) is 0. The Morgan fingerprint density at radius 2 is 1.88 bits per heavy atom. The molecule has 0 aromatic carbocycles. The summed E-state index contributed by atoms with van der Waals surface area (Å²) < 4.78 is 0.748. The Balaban J connectivity index is 2.22. The number of rotatable bonds is 2. The molecule has 2 unspecified atom stereocenters. The van der Waals surface area contributed by atoms with Crippen LogP contribution in [0.4, 0.5) is 0 Å². The molecule has 2 atom stereocenters. The van der Waals surface area contributed by atoms with Crippen LogP contribution < -0.4 is 0 Å². The van der Waals surface area contributed by atoms with E-state index in [2.05, 4.69) is 39.5 Å². The first-order valence-corrected chi connectivity index (χ1v) is 7.83. The van der Waals surface area contributed by atoms with Crippen LogP contribution in [-0.4, -0.2) is 9.97 Å². The molecule has 5 heteroatoms. The maximum Gasteiger partial charge on any atom is 0.147 e. The maximum atomic E-state index is 6.07. The Hall–Kier alpha value is 0.390. The van der Waals surface area contributed by atoms with Crippen molar-refractivity contribution in [3.8, 4) is 0 Å². The fourth-order valence-corrected chi connectivity index (χ4v) is 3.13. The third-order valence-corrected chi connectivity index (χ3v) is 5.72. The van der Waals surface area contributed by atoms with Crippen molar-refractivity contribution in [2.45, 2.75) is 44.9 Å². The van der Waals surface area contributed by atoms with Gasteiger partial charge < -0.3 is 0 Å². The summed E-state index contributed by atoms with van der Waals surface area (Å²) in [5.41, 5.74) is 0. The molecule has 0 aliphatic heterocycles. The summed E-state index contributed by atoms with van der Waals surface area (Å²) in [6, 6.07) is 0. The van der Waals surface area contributed by atoms with E-state index < -0.39 is 0 Å². The first-order chi connectivity index (χ1) is 8.11. The normalized spacial score (nSPS) is 24.9. The largest absolute Gasteiger partial charge is 0.220 e. The van der Waals surface area contributed by atoms with Gasteiger partial charge in [-0.3, -0.25) is 0 Å². The highest BCUT2D eigenvalue weighted by Gasteiger charge is 2.25. The van der Waals surface area contributed by atoms with Crippen LogP contribution in [0.25, 0.3) is 0 Å². The first kappa shape index (κ1) is 13.8. The summed E-state index contributed by atoms with van der Waals surface area (Å²) >= 11 is 14.2. The van der Waals surface area contributed by atoms with Gasteiger partial charge in [0.25, 0.3) is 0 Å². The zero-order valence-corrected chi connectivity index (χ0v) is 13.4. The van der Waals surface area contributed by atoms with E-state index in [4.69, 9.17) is 23.2 Å². The average molecular weight is 385 g/mol. The molecule has 1 heterocycles. The van der Waals surface area contributed by atoms with Crippen molar-refractivity contribution in [3.63, 3.8) is 0 Å². The van der Waals surface area contributed by atoms with Gasteiger partial charge in [0.2, 0.25) is 0 Å². The van der Waals surface area contributed by atoms with Gasteiger partial charge in [-0.1, -0.05) is 49.4 Å². The Morgan fingerprint density at radius 3 is 2.47 bits per heavy atom. The second-order valence-electron chi connectivity index (χ2n) is 4.62. The molecule has 94 valence electrons. The van der Waals surface area contributed by atoms with Gasteiger partial charge in [-0.05, 0) is 41.4 Å². The van der Waals surface area contributed by atoms with E-state index >= 15 is 0 Å². The number of aromatic nitrogens is 2. The van der Waals surface area contributed by atoms with Crippen LogP contribution in [-0.2, 0) is 0 Å². The van der Waals surface area contributed by atoms with Gasteiger partial charge in [0.1, 0.15) is 16.1 Å². The van der Waals surface area contributed by atoms with Crippen molar-refractivity contribution in [1.82, 2.24) is 9.97 Å². The van der Waals surface area contributed by atoms with Crippen LogP contribution in [0.5, 0.6) is 0 Å². The molecule has 1 fully saturated rings. The smallest absolute Gasteiger partial charge is 0.147 e. The van der Waals surface area contributed by atoms with Crippen molar-refractivity contribution >= 4 is 45.8 Å². The molecule has 17 heavy (non-hydrogen) atoms. The van der Waals surface area contributed by atoms with E-state index in [1.54, 1.807) is 0 Å². The third kappa shape index (κ3) is 3.24. The van der Waals surface area contributed by atoms with Crippen LogP contribution in [0.3, 0.4) is 0 Å². The molecule has 1 aromatic heterocycles. The number of nitrogens with zero attached hydrogens (tertiary/aromatic N) is 2. The Morgan fingerprint density at radius 1 is 1.24 bits per heavy atom. The SMILES string of the molecule is CCC1CCCC(c2nc(Cl)c(I)c(Cl)n2)C1. The highest BCUT2D eigenvalue weighted by molar-refractivity contribution is 14.1. The Bertz CT molecular complexity index is 388. The molecule has 1 saturated carbocycles. The second kappa shape index (κ2) is 6.02. The second-order valence-corrected chi connectivity index (χ2v) is 6.41. The highest BCUT2D eigenvalue weighted by Crippen LogP contribution is 2.37. The lowest BCUT2D eigenvalue weighted by molar-refractivity contribution is 0.307. The minimum atomic E-state index is 0.431. The van der Waals surface area contributed by atoms with Crippen molar-refractivity contribution in [2.24, 2.45) is 5.92 Å². The molecule has 0 N–H and O–H groups in total. The highest BCUT2D eigenvalue weighted by atomic mass is 127. The summed E-state index contributed by atoms with van der Waals surface area (Å²) in [6.45, 7) is 2.25. The quantitative estimate of drug-likeness (QED) is 0.525. The van der Waals surface area contributed by atoms with Gasteiger partial charge in [0, 0.05) is 5.92 Å². The topological polar surface area (TPSA) is 25.8 Å². The Labute approximate surface area is 126 Å². The Kier molecular flexibility index (Phi) is 4.89. The summed E-state index contributed by atoms with van der Waals surface area (Å²) in [5, 5.41) is 0.971. The fourth-order valence-electron chi connectivity index (χ4n) is 2.49. The van der Waals surface area contributed by atoms with Crippen LogP contribution in [0.2, 0.25) is 10.3 Å². The fraction of sp³-hybridized carbons (Fsp3) is 0.667. The van der Waals surface area contributed by atoms with Gasteiger partial charge in [0.05, 0.1) is 3.57 Å². The van der Waals surface area contributed by atoms with E-state index in [0.717, 1.165) is 21.7 Å². The molecule has 0 spiro atoms. The lowest BCUT2D eigenvalue weighted by Gasteiger charge is -2.27. The molecule has 0 radical (unpaired) electrons. The van der Waals surface area contributed by atoms with E-state index in [0.29, 0.717) is 16.2 Å². The lowest BCUT2D eigenvalue weighted by Crippen LogP contribution is -2.16. The first-order valence-electron chi connectivity index (χ1n) is 6.00. The van der Waals surface area contributed by atoms with E-state index in [9.17, 15) is 0 Å². The van der Waals surface area contributed by atoms with Crippen LogP contribution >= 0.6 is 45.8 Å². The standard InChI is InChI=1S/C12H15Cl2IN2/c1-2-7-4-3-5-8(6-7)12-16-10(13)9(15)11(14)17-12/h7-8H,2-6H2,1H3. The lowest BCUT2D eigenvalue weighted by atomic mass is 9.80. The van der Waals surface area contributed by atoms with Gasteiger partial charge in [0.15, 0.2) is 0 Å². The summed E-state index contributed by atoms with van der Waals surface area (Å²) in [4.78, 5) is 8.78. The molecule has 2 rings (SSSR count). The van der Waals surface area contributed by atoms with Gasteiger partial charge in [-0.2, -0.15) is 0 Å². The van der Waals surface area contributed by atoms with Gasteiger partial charge in [-0.25, -0.2) is 9.97 Å². The van der Waals surface area contributed by atoms with Crippen molar-refractivity contribution in [2.75, 3.05) is 0 Å². The molecule has 0 saturated heterocycles.